The van der Waals surface area contributed by atoms with Gasteiger partial charge in [-0.1, -0.05) is 11.6 Å². The number of aliphatic carboxylic acids is 1. The molecule has 0 aliphatic rings. The van der Waals surface area contributed by atoms with Crippen LogP contribution in [0.25, 0.3) is 11.5 Å². The summed E-state index contributed by atoms with van der Waals surface area (Å²) < 4.78 is 5.38. The minimum atomic E-state index is -0.865. The number of nitrogens with zero attached hydrogens (tertiary/aromatic N) is 2. The minimum Gasteiger partial charge on any atom is -0.508 e. The molecule has 0 spiro atoms. The number of phenols is 1. The predicted molar refractivity (Wildman–Crippen MR) is 67.0 cm³/mol. The molecule has 0 aliphatic heterocycles. The zero-order valence-electron chi connectivity index (χ0n) is 9.84. The molecule has 7 heteroatoms. The quantitative estimate of drug-likeness (QED) is 0.874. The van der Waals surface area contributed by atoms with Crippen LogP contribution in [0.3, 0.4) is 0 Å². The van der Waals surface area contributed by atoms with Crippen LogP contribution in [0.2, 0.25) is 5.02 Å². The maximum Gasteiger partial charge on any atom is 0.303 e. The number of carbonyl (C=O) groups is 1. The van der Waals surface area contributed by atoms with E-state index in [2.05, 4.69) is 10.2 Å². The van der Waals surface area contributed by atoms with Crippen LogP contribution in [0.1, 0.15) is 18.7 Å². The van der Waals surface area contributed by atoms with E-state index in [1.165, 1.54) is 18.2 Å². The van der Waals surface area contributed by atoms with Crippen molar-refractivity contribution in [2.75, 3.05) is 0 Å². The zero-order valence-corrected chi connectivity index (χ0v) is 10.6. The van der Waals surface area contributed by atoms with E-state index in [0.717, 1.165) is 0 Å². The molecular formula is C12H11ClN2O4. The smallest absolute Gasteiger partial charge is 0.303 e. The molecule has 1 aromatic carbocycles. The van der Waals surface area contributed by atoms with E-state index < -0.39 is 5.97 Å². The predicted octanol–water partition coefficient (Wildman–Crippen LogP) is 2.50. The minimum absolute atomic E-state index is 0.0462. The van der Waals surface area contributed by atoms with Crippen molar-refractivity contribution in [1.82, 2.24) is 10.2 Å². The molecule has 100 valence electrons. The number of carboxylic acid groups (broad SMARTS) is 1. The van der Waals surface area contributed by atoms with Crippen LogP contribution >= 0.6 is 11.6 Å². The first-order valence-electron chi connectivity index (χ1n) is 5.59. The summed E-state index contributed by atoms with van der Waals surface area (Å²) in [6, 6.07) is 4.41. The van der Waals surface area contributed by atoms with Crippen molar-refractivity contribution in [1.29, 1.82) is 0 Å². The SMILES string of the molecule is O=C(O)CCCc1nnc(-c2cc(O)ccc2Cl)o1. The average Bonchev–Trinajstić information content (AvgIpc) is 2.80. The van der Waals surface area contributed by atoms with Crippen molar-refractivity contribution < 1.29 is 19.4 Å². The Hall–Kier alpha value is -2.08. The van der Waals surface area contributed by atoms with Crippen molar-refractivity contribution in [2.24, 2.45) is 0 Å². The van der Waals surface area contributed by atoms with Gasteiger partial charge in [0, 0.05) is 12.8 Å². The molecule has 2 aromatic rings. The molecule has 0 atom stereocenters. The Bertz CT molecular complexity index is 597. The van der Waals surface area contributed by atoms with Gasteiger partial charge < -0.3 is 14.6 Å². The molecule has 0 fully saturated rings. The molecule has 19 heavy (non-hydrogen) atoms. The van der Waals surface area contributed by atoms with Gasteiger partial charge in [-0.15, -0.1) is 10.2 Å². The van der Waals surface area contributed by atoms with E-state index in [-0.39, 0.29) is 18.1 Å². The van der Waals surface area contributed by atoms with Crippen LogP contribution in [0.4, 0.5) is 0 Å². The second kappa shape index (κ2) is 5.71. The van der Waals surface area contributed by atoms with Gasteiger partial charge in [-0.2, -0.15) is 0 Å². The molecule has 0 unspecified atom stereocenters. The van der Waals surface area contributed by atoms with Crippen molar-refractivity contribution in [3.63, 3.8) is 0 Å². The maximum absolute atomic E-state index is 10.4. The van der Waals surface area contributed by atoms with Crippen molar-refractivity contribution in [2.45, 2.75) is 19.3 Å². The molecule has 1 aromatic heterocycles. The molecule has 0 bridgehead atoms. The maximum atomic E-state index is 10.4. The molecule has 6 nitrogen and oxygen atoms in total. The molecule has 2 rings (SSSR count). The van der Waals surface area contributed by atoms with Gasteiger partial charge in [-0.25, -0.2) is 0 Å². The first kappa shape index (κ1) is 13.4. The third kappa shape index (κ3) is 3.45. The third-order valence-electron chi connectivity index (χ3n) is 2.43. The first-order valence-corrected chi connectivity index (χ1v) is 5.97. The van der Waals surface area contributed by atoms with E-state index in [9.17, 15) is 9.90 Å². The highest BCUT2D eigenvalue weighted by molar-refractivity contribution is 6.33. The number of hydrogen-bond acceptors (Lipinski definition) is 5. The number of aromatic hydroxyl groups is 1. The Morgan fingerprint density at radius 2 is 2.16 bits per heavy atom. The fourth-order valence-corrected chi connectivity index (χ4v) is 1.73. The fraction of sp³-hybridized carbons (Fsp3) is 0.250. The van der Waals surface area contributed by atoms with E-state index in [1.54, 1.807) is 0 Å². The largest absolute Gasteiger partial charge is 0.508 e. The molecule has 0 radical (unpaired) electrons. The number of halogens is 1. The summed E-state index contributed by atoms with van der Waals surface area (Å²) in [5.74, 6) is -0.275. The highest BCUT2D eigenvalue weighted by Crippen LogP contribution is 2.30. The van der Waals surface area contributed by atoms with Crippen LogP contribution < -0.4 is 0 Å². The molecule has 2 N–H and O–H groups in total. The Balaban J connectivity index is 2.12. The lowest BCUT2D eigenvalue weighted by Crippen LogP contribution is -1.95. The highest BCUT2D eigenvalue weighted by atomic mass is 35.5. The number of rotatable bonds is 5. The van der Waals surface area contributed by atoms with Crippen molar-refractivity contribution in [3.05, 3.63) is 29.1 Å². The Morgan fingerprint density at radius 3 is 2.89 bits per heavy atom. The third-order valence-corrected chi connectivity index (χ3v) is 2.76. The Kier molecular flexibility index (Phi) is 4.01. The van der Waals surface area contributed by atoms with Crippen LogP contribution in [-0.2, 0) is 11.2 Å². The van der Waals surface area contributed by atoms with Gasteiger partial charge in [-0.3, -0.25) is 4.79 Å². The first-order chi connectivity index (χ1) is 9.06. The van der Waals surface area contributed by atoms with Crippen LogP contribution in [0.15, 0.2) is 22.6 Å². The van der Waals surface area contributed by atoms with Gasteiger partial charge in [0.15, 0.2) is 0 Å². The van der Waals surface area contributed by atoms with E-state index in [1.807, 2.05) is 0 Å². The lowest BCUT2D eigenvalue weighted by molar-refractivity contribution is -0.137. The fourth-order valence-electron chi connectivity index (χ4n) is 1.53. The molecule has 0 saturated heterocycles. The van der Waals surface area contributed by atoms with Crippen molar-refractivity contribution >= 4 is 17.6 Å². The lowest BCUT2D eigenvalue weighted by atomic mass is 10.2. The van der Waals surface area contributed by atoms with Crippen LogP contribution in [0, 0.1) is 0 Å². The van der Waals surface area contributed by atoms with Crippen molar-refractivity contribution in [3.8, 4) is 17.2 Å². The van der Waals surface area contributed by atoms with Crippen LogP contribution in [-0.4, -0.2) is 26.4 Å². The number of aromatic nitrogens is 2. The topological polar surface area (TPSA) is 96.5 Å². The summed E-state index contributed by atoms with van der Waals surface area (Å²) in [4.78, 5) is 10.4. The van der Waals surface area contributed by atoms with Crippen LogP contribution in [0.5, 0.6) is 5.75 Å². The summed E-state index contributed by atoms with van der Waals surface area (Å²) in [5, 5.41) is 25.9. The zero-order chi connectivity index (χ0) is 13.8. The standard InChI is InChI=1S/C12H11ClN2O4/c13-9-5-4-7(16)6-8(9)12-15-14-10(19-12)2-1-3-11(17)18/h4-6,16H,1-3H2,(H,17,18). The highest BCUT2D eigenvalue weighted by Gasteiger charge is 2.13. The molecular weight excluding hydrogens is 272 g/mol. The molecule has 0 saturated carbocycles. The number of phenolic OH excluding ortho intramolecular Hbond substituents is 1. The number of carboxylic acids is 1. The van der Waals surface area contributed by atoms with Gasteiger partial charge >= 0.3 is 5.97 Å². The number of benzene rings is 1. The van der Waals surface area contributed by atoms with E-state index >= 15 is 0 Å². The van der Waals surface area contributed by atoms with E-state index in [0.29, 0.717) is 29.3 Å². The average molecular weight is 283 g/mol. The summed E-state index contributed by atoms with van der Waals surface area (Å²) in [5.41, 5.74) is 0.443. The second-order valence-corrected chi connectivity index (χ2v) is 4.32. The van der Waals surface area contributed by atoms with Gasteiger partial charge in [0.2, 0.25) is 11.8 Å². The van der Waals surface area contributed by atoms with Gasteiger partial charge in [-0.05, 0) is 24.6 Å². The normalized spacial score (nSPS) is 10.6. The van der Waals surface area contributed by atoms with Gasteiger partial charge in [0.05, 0.1) is 10.6 Å². The summed E-state index contributed by atoms with van der Waals surface area (Å²) in [7, 11) is 0. The van der Waals surface area contributed by atoms with Gasteiger partial charge in [0.25, 0.3) is 0 Å². The lowest BCUT2D eigenvalue weighted by Gasteiger charge is -1.99. The second-order valence-electron chi connectivity index (χ2n) is 3.91. The Morgan fingerprint density at radius 1 is 1.37 bits per heavy atom. The molecule has 0 amide bonds. The summed E-state index contributed by atoms with van der Waals surface area (Å²) in [6.45, 7) is 0. The summed E-state index contributed by atoms with van der Waals surface area (Å²) in [6.07, 6.45) is 0.852. The molecule has 1 heterocycles. The van der Waals surface area contributed by atoms with E-state index in [4.69, 9.17) is 21.1 Å². The number of aryl methyl sites for hydroxylation is 1. The van der Waals surface area contributed by atoms with Gasteiger partial charge in [0.1, 0.15) is 5.75 Å². The number of hydrogen-bond donors (Lipinski definition) is 2. The Labute approximate surface area is 113 Å². The monoisotopic (exact) mass is 282 g/mol. The summed E-state index contributed by atoms with van der Waals surface area (Å²) >= 11 is 5.97. The molecule has 0 aliphatic carbocycles.